The molecule has 1 saturated carbocycles. The molecular weight excluding hydrogens is 224 g/mol. The number of carboxylic acids is 1. The first-order chi connectivity index (χ1) is 8.27. The summed E-state index contributed by atoms with van der Waals surface area (Å²) in [4.78, 5) is 11.7. The van der Waals surface area contributed by atoms with Crippen LogP contribution < -0.4 is 0 Å². The minimum Gasteiger partial charge on any atom is -0.481 e. The molecule has 2 nitrogen and oxygen atoms in total. The fourth-order valence-corrected chi connectivity index (χ4v) is 3.01. The van der Waals surface area contributed by atoms with Gasteiger partial charge in [0.25, 0.3) is 0 Å². The molecule has 0 unspecified atom stereocenters. The molecule has 0 aromatic heterocycles. The molecule has 0 radical (unpaired) electrons. The second kappa shape index (κ2) is 4.11. The average Bonchev–Trinajstić information content (AvgIpc) is 2.16. The number of hydrogen-bond acceptors (Lipinski definition) is 1. The van der Waals surface area contributed by atoms with Gasteiger partial charge in [-0.3, -0.25) is 4.79 Å². The molecule has 0 aliphatic heterocycles. The molecule has 2 heteroatoms. The van der Waals surface area contributed by atoms with E-state index < -0.39 is 11.4 Å². The van der Waals surface area contributed by atoms with Crippen LogP contribution in [0, 0.1) is 18.3 Å². The van der Waals surface area contributed by atoms with Gasteiger partial charge < -0.3 is 5.11 Å². The normalized spacial score (nSPS) is 27.7. The Labute approximate surface area is 109 Å². The zero-order valence-electron chi connectivity index (χ0n) is 11.7. The standard InChI is InChI=1S/C16H22O2/c1-11-7-5-6-8-13(11)16(14(17)18)9-12(10-16)15(2,3)4/h5-8,12H,9-10H2,1-4H3,(H,17,18). The Kier molecular flexibility index (Phi) is 3.00. The van der Waals surface area contributed by atoms with E-state index in [1.165, 1.54) is 0 Å². The van der Waals surface area contributed by atoms with E-state index in [9.17, 15) is 9.90 Å². The average molecular weight is 246 g/mol. The highest BCUT2D eigenvalue weighted by Crippen LogP contribution is 2.55. The second-order valence-electron chi connectivity index (χ2n) is 6.67. The van der Waals surface area contributed by atoms with Gasteiger partial charge in [-0.05, 0) is 42.2 Å². The van der Waals surface area contributed by atoms with Crippen LogP contribution in [-0.2, 0) is 10.2 Å². The largest absolute Gasteiger partial charge is 0.481 e. The van der Waals surface area contributed by atoms with Gasteiger partial charge in [-0.15, -0.1) is 0 Å². The van der Waals surface area contributed by atoms with Gasteiger partial charge in [0.05, 0.1) is 5.41 Å². The third kappa shape index (κ3) is 1.94. The van der Waals surface area contributed by atoms with E-state index in [0.29, 0.717) is 5.92 Å². The molecular formula is C16H22O2. The zero-order valence-corrected chi connectivity index (χ0v) is 11.7. The van der Waals surface area contributed by atoms with E-state index in [2.05, 4.69) is 20.8 Å². The smallest absolute Gasteiger partial charge is 0.314 e. The van der Waals surface area contributed by atoms with Crippen LogP contribution in [0.1, 0.15) is 44.7 Å². The van der Waals surface area contributed by atoms with Crippen LogP contribution in [0.15, 0.2) is 24.3 Å². The predicted octanol–water partition coefficient (Wildman–Crippen LogP) is 3.77. The van der Waals surface area contributed by atoms with Crippen molar-refractivity contribution in [1.82, 2.24) is 0 Å². The molecule has 0 heterocycles. The highest BCUT2D eigenvalue weighted by molar-refractivity contribution is 5.83. The van der Waals surface area contributed by atoms with E-state index in [0.717, 1.165) is 24.0 Å². The van der Waals surface area contributed by atoms with Crippen molar-refractivity contribution < 1.29 is 9.90 Å². The molecule has 0 bridgehead atoms. The van der Waals surface area contributed by atoms with E-state index in [4.69, 9.17) is 0 Å². The molecule has 1 aromatic carbocycles. The summed E-state index contributed by atoms with van der Waals surface area (Å²) in [6.07, 6.45) is 1.52. The van der Waals surface area contributed by atoms with Crippen molar-refractivity contribution in [2.24, 2.45) is 11.3 Å². The summed E-state index contributed by atoms with van der Waals surface area (Å²) in [5.74, 6) is -0.175. The van der Waals surface area contributed by atoms with E-state index in [1.807, 2.05) is 31.2 Å². The first-order valence-electron chi connectivity index (χ1n) is 6.57. The molecule has 0 amide bonds. The van der Waals surface area contributed by atoms with Gasteiger partial charge in [0.2, 0.25) is 0 Å². The van der Waals surface area contributed by atoms with Crippen LogP contribution in [0.4, 0.5) is 0 Å². The van der Waals surface area contributed by atoms with Gasteiger partial charge in [0.15, 0.2) is 0 Å². The third-order valence-electron chi connectivity index (χ3n) is 4.48. The van der Waals surface area contributed by atoms with Gasteiger partial charge in [0, 0.05) is 0 Å². The van der Waals surface area contributed by atoms with Crippen molar-refractivity contribution in [2.75, 3.05) is 0 Å². The lowest BCUT2D eigenvalue weighted by molar-refractivity contribution is -0.152. The summed E-state index contributed by atoms with van der Waals surface area (Å²) in [5.41, 5.74) is 1.63. The maximum atomic E-state index is 11.7. The first-order valence-corrected chi connectivity index (χ1v) is 6.57. The van der Waals surface area contributed by atoms with Crippen LogP contribution in [0.5, 0.6) is 0 Å². The summed E-state index contributed by atoms with van der Waals surface area (Å²) < 4.78 is 0. The predicted molar refractivity (Wildman–Crippen MR) is 72.7 cm³/mol. The number of carboxylic acid groups (broad SMARTS) is 1. The number of benzene rings is 1. The van der Waals surface area contributed by atoms with Gasteiger partial charge in [-0.1, -0.05) is 45.0 Å². The summed E-state index contributed by atoms with van der Waals surface area (Å²) in [7, 11) is 0. The lowest BCUT2D eigenvalue weighted by atomic mass is 9.52. The lowest BCUT2D eigenvalue weighted by Crippen LogP contribution is -2.51. The summed E-state index contributed by atoms with van der Waals surface area (Å²) >= 11 is 0. The topological polar surface area (TPSA) is 37.3 Å². The first kappa shape index (κ1) is 13.1. The Bertz CT molecular complexity index is 462. The van der Waals surface area contributed by atoms with Gasteiger partial charge in [-0.25, -0.2) is 0 Å². The Morgan fingerprint density at radius 2 is 1.83 bits per heavy atom. The Hall–Kier alpha value is -1.31. The van der Waals surface area contributed by atoms with Crippen LogP contribution in [-0.4, -0.2) is 11.1 Å². The number of carbonyl (C=O) groups is 1. The molecule has 18 heavy (non-hydrogen) atoms. The van der Waals surface area contributed by atoms with Crippen molar-refractivity contribution in [3.63, 3.8) is 0 Å². The Balaban J connectivity index is 2.34. The van der Waals surface area contributed by atoms with Crippen molar-refractivity contribution in [1.29, 1.82) is 0 Å². The summed E-state index contributed by atoms with van der Waals surface area (Å²) in [5, 5.41) is 9.65. The van der Waals surface area contributed by atoms with E-state index in [-0.39, 0.29) is 5.41 Å². The summed E-state index contributed by atoms with van der Waals surface area (Å²) in [6.45, 7) is 8.59. The molecule has 0 saturated heterocycles. The molecule has 0 spiro atoms. The van der Waals surface area contributed by atoms with E-state index in [1.54, 1.807) is 0 Å². The highest BCUT2D eigenvalue weighted by Gasteiger charge is 2.54. The molecule has 0 atom stereocenters. The molecule has 1 N–H and O–H groups in total. The van der Waals surface area contributed by atoms with Crippen LogP contribution in [0.3, 0.4) is 0 Å². The van der Waals surface area contributed by atoms with Crippen molar-refractivity contribution >= 4 is 5.97 Å². The van der Waals surface area contributed by atoms with Crippen LogP contribution in [0.25, 0.3) is 0 Å². The van der Waals surface area contributed by atoms with Crippen molar-refractivity contribution in [3.05, 3.63) is 35.4 Å². The maximum Gasteiger partial charge on any atom is 0.314 e. The van der Waals surface area contributed by atoms with Gasteiger partial charge in [0.1, 0.15) is 0 Å². The lowest BCUT2D eigenvalue weighted by Gasteiger charge is -2.51. The number of rotatable bonds is 2. The third-order valence-corrected chi connectivity index (χ3v) is 4.48. The maximum absolute atomic E-state index is 11.7. The molecule has 1 aliphatic rings. The van der Waals surface area contributed by atoms with Gasteiger partial charge >= 0.3 is 5.97 Å². The second-order valence-corrected chi connectivity index (χ2v) is 6.67. The molecule has 98 valence electrons. The quantitative estimate of drug-likeness (QED) is 0.862. The minimum atomic E-state index is -0.669. The minimum absolute atomic E-state index is 0.196. The fraction of sp³-hybridized carbons (Fsp3) is 0.562. The van der Waals surface area contributed by atoms with Crippen molar-refractivity contribution in [3.8, 4) is 0 Å². The molecule has 2 rings (SSSR count). The van der Waals surface area contributed by atoms with Crippen LogP contribution >= 0.6 is 0 Å². The summed E-state index contributed by atoms with van der Waals surface area (Å²) in [6, 6.07) is 7.89. The number of aliphatic carboxylic acids is 1. The zero-order chi connectivity index (χ0) is 13.6. The van der Waals surface area contributed by atoms with Crippen LogP contribution in [0.2, 0.25) is 0 Å². The SMILES string of the molecule is Cc1ccccc1C1(C(=O)O)CC(C(C)(C)C)C1. The molecule has 1 aliphatic carbocycles. The van der Waals surface area contributed by atoms with Crippen molar-refractivity contribution in [2.45, 2.75) is 46.0 Å². The fourth-order valence-electron chi connectivity index (χ4n) is 3.01. The molecule has 1 aromatic rings. The van der Waals surface area contributed by atoms with Gasteiger partial charge in [-0.2, -0.15) is 0 Å². The Morgan fingerprint density at radius 3 is 2.28 bits per heavy atom. The monoisotopic (exact) mass is 246 g/mol. The number of hydrogen-bond donors (Lipinski definition) is 1. The highest BCUT2D eigenvalue weighted by atomic mass is 16.4. The molecule has 1 fully saturated rings. The van der Waals surface area contributed by atoms with E-state index >= 15 is 0 Å². The number of aryl methyl sites for hydroxylation is 1. The Morgan fingerprint density at radius 1 is 1.28 bits per heavy atom.